The highest BCUT2D eigenvalue weighted by Crippen LogP contribution is 2.27. The SMILES string of the molecule is CC(C)CC1(C)CCCCC(C)N=CO1. The summed E-state index contributed by atoms with van der Waals surface area (Å²) in [5.74, 6) is 0.682. The fourth-order valence-electron chi connectivity index (χ4n) is 2.35. The Morgan fingerprint density at radius 1 is 1.47 bits per heavy atom. The molecule has 0 N–H and O–H groups in total. The lowest BCUT2D eigenvalue weighted by Crippen LogP contribution is -2.30. The van der Waals surface area contributed by atoms with Crippen molar-refractivity contribution >= 4 is 6.40 Å². The van der Waals surface area contributed by atoms with Gasteiger partial charge >= 0.3 is 0 Å². The molecule has 0 radical (unpaired) electrons. The molecule has 0 aromatic heterocycles. The molecule has 0 saturated heterocycles. The number of hydrogen-bond acceptors (Lipinski definition) is 2. The third-order valence-electron chi connectivity index (χ3n) is 3.07. The summed E-state index contributed by atoms with van der Waals surface area (Å²) >= 11 is 0. The standard InChI is InChI=1S/C13H25NO/c1-11(2)9-13(4)8-6-5-7-12(3)14-10-15-13/h10-12H,5-9H2,1-4H3. The van der Waals surface area contributed by atoms with Crippen LogP contribution in [0.2, 0.25) is 0 Å². The number of hydrogen-bond donors (Lipinski definition) is 0. The Balaban J connectivity index is 2.58. The van der Waals surface area contributed by atoms with Crippen LogP contribution in [0.15, 0.2) is 4.99 Å². The summed E-state index contributed by atoms with van der Waals surface area (Å²) in [5.41, 5.74) is 0.00171. The van der Waals surface area contributed by atoms with Crippen LogP contribution in [0.25, 0.3) is 0 Å². The van der Waals surface area contributed by atoms with E-state index in [4.69, 9.17) is 4.74 Å². The van der Waals surface area contributed by atoms with Gasteiger partial charge in [-0.3, -0.25) is 4.99 Å². The van der Waals surface area contributed by atoms with Crippen LogP contribution in [-0.2, 0) is 4.74 Å². The van der Waals surface area contributed by atoms with Crippen molar-refractivity contribution in [2.24, 2.45) is 10.9 Å². The minimum atomic E-state index is 0.00171. The van der Waals surface area contributed by atoms with Gasteiger partial charge < -0.3 is 4.74 Å². The van der Waals surface area contributed by atoms with Gasteiger partial charge in [0.2, 0.25) is 0 Å². The monoisotopic (exact) mass is 211 g/mol. The molecule has 15 heavy (non-hydrogen) atoms. The molecule has 1 aliphatic heterocycles. The van der Waals surface area contributed by atoms with E-state index in [1.54, 1.807) is 6.40 Å². The van der Waals surface area contributed by atoms with Crippen molar-refractivity contribution in [3.05, 3.63) is 0 Å². The van der Waals surface area contributed by atoms with E-state index in [-0.39, 0.29) is 5.60 Å². The van der Waals surface area contributed by atoms with E-state index in [0.717, 1.165) is 12.8 Å². The summed E-state index contributed by atoms with van der Waals surface area (Å²) in [6, 6.07) is 0.423. The quantitative estimate of drug-likeness (QED) is 0.681. The first kappa shape index (κ1) is 12.5. The molecule has 88 valence electrons. The van der Waals surface area contributed by atoms with Gasteiger partial charge in [0.05, 0.1) is 6.04 Å². The molecule has 0 aromatic rings. The summed E-state index contributed by atoms with van der Waals surface area (Å²) in [4.78, 5) is 4.40. The maximum absolute atomic E-state index is 5.84. The van der Waals surface area contributed by atoms with E-state index < -0.39 is 0 Å². The molecule has 0 spiro atoms. The van der Waals surface area contributed by atoms with Gasteiger partial charge in [0, 0.05) is 0 Å². The normalized spacial score (nSPS) is 33.0. The Morgan fingerprint density at radius 3 is 2.87 bits per heavy atom. The van der Waals surface area contributed by atoms with Gasteiger partial charge in [-0.2, -0.15) is 0 Å². The van der Waals surface area contributed by atoms with Gasteiger partial charge in [0.25, 0.3) is 0 Å². The van der Waals surface area contributed by atoms with E-state index in [1.165, 1.54) is 19.3 Å². The smallest absolute Gasteiger partial charge is 0.170 e. The second-order valence-electron chi connectivity index (χ2n) is 5.52. The van der Waals surface area contributed by atoms with Crippen LogP contribution < -0.4 is 0 Å². The van der Waals surface area contributed by atoms with Crippen LogP contribution >= 0.6 is 0 Å². The predicted octanol–water partition coefficient (Wildman–Crippen LogP) is 3.80. The summed E-state index contributed by atoms with van der Waals surface area (Å²) in [7, 11) is 0. The topological polar surface area (TPSA) is 21.6 Å². The lowest BCUT2D eigenvalue weighted by atomic mass is 9.89. The molecule has 0 aromatic carbocycles. The molecule has 2 heteroatoms. The molecular formula is C13H25NO. The van der Waals surface area contributed by atoms with Crippen LogP contribution in [0.1, 0.15) is 59.8 Å². The van der Waals surface area contributed by atoms with Crippen molar-refractivity contribution in [2.75, 3.05) is 0 Å². The summed E-state index contributed by atoms with van der Waals surface area (Å²) in [6.45, 7) is 8.88. The minimum Gasteiger partial charge on any atom is -0.477 e. The zero-order valence-electron chi connectivity index (χ0n) is 10.6. The second-order valence-corrected chi connectivity index (χ2v) is 5.52. The molecule has 2 atom stereocenters. The predicted molar refractivity (Wildman–Crippen MR) is 65.4 cm³/mol. The van der Waals surface area contributed by atoms with Crippen molar-refractivity contribution < 1.29 is 4.74 Å². The van der Waals surface area contributed by atoms with Crippen LogP contribution in [0, 0.1) is 5.92 Å². The zero-order valence-corrected chi connectivity index (χ0v) is 10.6. The molecule has 0 bridgehead atoms. The third-order valence-corrected chi connectivity index (χ3v) is 3.07. The Hall–Kier alpha value is -0.530. The summed E-state index contributed by atoms with van der Waals surface area (Å²) in [5, 5.41) is 0. The van der Waals surface area contributed by atoms with Crippen LogP contribution in [0.4, 0.5) is 0 Å². The van der Waals surface area contributed by atoms with E-state index in [1.807, 2.05) is 0 Å². The average molecular weight is 211 g/mol. The Kier molecular flexibility index (Phi) is 4.62. The van der Waals surface area contributed by atoms with Gasteiger partial charge in [-0.25, -0.2) is 0 Å². The largest absolute Gasteiger partial charge is 0.477 e. The van der Waals surface area contributed by atoms with E-state index in [2.05, 4.69) is 32.7 Å². The summed E-state index contributed by atoms with van der Waals surface area (Å²) in [6.07, 6.45) is 7.69. The molecule has 2 unspecified atom stereocenters. The second kappa shape index (κ2) is 5.53. The number of rotatable bonds is 2. The molecule has 0 amide bonds. The molecule has 0 saturated carbocycles. The first-order chi connectivity index (χ1) is 7.02. The highest BCUT2D eigenvalue weighted by Gasteiger charge is 2.26. The Morgan fingerprint density at radius 2 is 2.20 bits per heavy atom. The molecule has 0 fully saturated rings. The van der Waals surface area contributed by atoms with Gasteiger partial charge in [0.1, 0.15) is 5.60 Å². The maximum Gasteiger partial charge on any atom is 0.170 e. The zero-order chi connectivity index (χ0) is 11.3. The lowest BCUT2D eigenvalue weighted by molar-refractivity contribution is 0.0498. The van der Waals surface area contributed by atoms with Crippen molar-refractivity contribution in [1.29, 1.82) is 0 Å². The van der Waals surface area contributed by atoms with Crippen LogP contribution in [-0.4, -0.2) is 18.0 Å². The molecule has 1 rings (SSSR count). The molecule has 2 nitrogen and oxygen atoms in total. The van der Waals surface area contributed by atoms with Crippen LogP contribution in [0.5, 0.6) is 0 Å². The Labute approximate surface area is 94.1 Å². The molecular weight excluding hydrogens is 186 g/mol. The van der Waals surface area contributed by atoms with Crippen molar-refractivity contribution in [3.8, 4) is 0 Å². The van der Waals surface area contributed by atoms with E-state index >= 15 is 0 Å². The first-order valence-corrected chi connectivity index (χ1v) is 6.21. The number of nitrogens with zero attached hydrogens (tertiary/aromatic N) is 1. The highest BCUT2D eigenvalue weighted by atomic mass is 16.5. The number of aliphatic imine (C=N–C) groups is 1. The van der Waals surface area contributed by atoms with E-state index in [9.17, 15) is 0 Å². The summed E-state index contributed by atoms with van der Waals surface area (Å²) < 4.78 is 5.84. The van der Waals surface area contributed by atoms with Crippen molar-refractivity contribution in [2.45, 2.75) is 71.4 Å². The average Bonchev–Trinajstić information content (AvgIpc) is 2.17. The van der Waals surface area contributed by atoms with Crippen molar-refractivity contribution in [1.82, 2.24) is 0 Å². The van der Waals surface area contributed by atoms with Gasteiger partial charge in [-0.05, 0) is 45.4 Å². The van der Waals surface area contributed by atoms with Gasteiger partial charge in [0.15, 0.2) is 6.40 Å². The third kappa shape index (κ3) is 4.67. The van der Waals surface area contributed by atoms with Crippen molar-refractivity contribution in [3.63, 3.8) is 0 Å². The van der Waals surface area contributed by atoms with E-state index in [0.29, 0.717) is 12.0 Å². The first-order valence-electron chi connectivity index (χ1n) is 6.21. The van der Waals surface area contributed by atoms with Gasteiger partial charge in [-0.1, -0.05) is 20.3 Å². The minimum absolute atomic E-state index is 0.00171. The highest BCUT2D eigenvalue weighted by molar-refractivity contribution is 5.47. The molecule has 1 aliphatic rings. The number of ether oxygens (including phenoxy) is 1. The maximum atomic E-state index is 5.84. The fourth-order valence-corrected chi connectivity index (χ4v) is 2.35. The van der Waals surface area contributed by atoms with Crippen LogP contribution in [0.3, 0.4) is 0 Å². The molecule has 0 aliphatic carbocycles. The fraction of sp³-hybridized carbons (Fsp3) is 0.923. The molecule has 1 heterocycles. The lowest BCUT2D eigenvalue weighted by Gasteiger charge is -2.30. The van der Waals surface area contributed by atoms with Gasteiger partial charge in [-0.15, -0.1) is 0 Å². The Bertz CT molecular complexity index is 213.